The zero-order valence-corrected chi connectivity index (χ0v) is 17.6. The van der Waals surface area contributed by atoms with Gasteiger partial charge in [-0.25, -0.2) is 0 Å². The van der Waals surface area contributed by atoms with Gasteiger partial charge in [0.25, 0.3) is 0 Å². The Morgan fingerprint density at radius 3 is 2.37 bits per heavy atom. The monoisotopic (exact) mass is 431 g/mol. The van der Waals surface area contributed by atoms with Gasteiger partial charge in [0.2, 0.25) is 5.91 Å². The number of Topliss-reactive ketones (excluding diaryl/α,β-unsaturated/α-hetero) is 1. The molecule has 2 aromatic rings. The fourth-order valence-electron chi connectivity index (χ4n) is 3.73. The van der Waals surface area contributed by atoms with E-state index >= 15 is 0 Å². The summed E-state index contributed by atoms with van der Waals surface area (Å²) in [5.74, 6) is 0.00796. The fourth-order valence-corrected chi connectivity index (χ4v) is 4.19. The van der Waals surface area contributed by atoms with Crippen LogP contribution < -0.4 is 24.9 Å². The molecule has 2 aliphatic heterocycles. The molecule has 158 valence electrons. The van der Waals surface area contributed by atoms with Crippen molar-refractivity contribution in [1.29, 1.82) is 0 Å². The van der Waals surface area contributed by atoms with Gasteiger partial charge in [0.1, 0.15) is 28.9 Å². The number of methoxy groups -OCH3 is 1. The van der Waals surface area contributed by atoms with Crippen LogP contribution in [0.4, 0.5) is 17.1 Å². The number of rotatable bonds is 5. The smallest absolute Gasteiger partial charge is 0.306 e. The van der Waals surface area contributed by atoms with E-state index in [2.05, 4.69) is 16.0 Å². The molecule has 2 heterocycles. The average Bonchev–Trinajstić information content (AvgIpc) is 3.17. The van der Waals surface area contributed by atoms with Gasteiger partial charge in [-0.15, -0.1) is 0 Å². The summed E-state index contributed by atoms with van der Waals surface area (Å²) >= 11 is 0. The van der Waals surface area contributed by atoms with E-state index in [1.807, 2.05) is 0 Å². The summed E-state index contributed by atoms with van der Waals surface area (Å²) < 4.78 is 33.1. The number of amides is 1. The van der Waals surface area contributed by atoms with Crippen LogP contribution in [0, 0.1) is 0 Å². The van der Waals surface area contributed by atoms with E-state index in [0.29, 0.717) is 17.0 Å². The Morgan fingerprint density at radius 2 is 1.77 bits per heavy atom. The van der Waals surface area contributed by atoms with Gasteiger partial charge in [-0.1, -0.05) is 0 Å². The maximum absolute atomic E-state index is 12.4. The zero-order valence-electron chi connectivity index (χ0n) is 16.8. The Hall–Kier alpha value is -3.27. The Labute approximate surface area is 173 Å². The van der Waals surface area contributed by atoms with E-state index in [0.717, 1.165) is 23.2 Å². The minimum Gasteiger partial charge on any atom is -0.496 e. The number of fused-ring (bicyclic) bond motifs is 2. The minimum atomic E-state index is -3.66. The molecular formula is C20H21N3O6S. The number of anilines is 3. The van der Waals surface area contributed by atoms with Gasteiger partial charge in [0, 0.05) is 22.9 Å². The number of ether oxygens (including phenoxy) is 1. The predicted octanol–water partition coefficient (Wildman–Crippen LogP) is 2.37. The van der Waals surface area contributed by atoms with Crippen molar-refractivity contribution < 1.29 is 26.9 Å². The lowest BCUT2D eigenvalue weighted by Gasteiger charge is -2.19. The normalized spacial score (nSPS) is 21.7. The highest BCUT2D eigenvalue weighted by Gasteiger charge is 2.47. The molecule has 0 aliphatic carbocycles. The van der Waals surface area contributed by atoms with Gasteiger partial charge < -0.3 is 24.9 Å². The molecule has 9 nitrogen and oxygen atoms in total. The van der Waals surface area contributed by atoms with Crippen molar-refractivity contribution in [3.63, 3.8) is 0 Å². The molecule has 0 aromatic heterocycles. The van der Waals surface area contributed by atoms with Crippen molar-refractivity contribution in [3.05, 3.63) is 41.5 Å². The Balaban J connectivity index is 1.67. The van der Waals surface area contributed by atoms with Crippen molar-refractivity contribution >= 4 is 38.9 Å². The van der Waals surface area contributed by atoms with Crippen LogP contribution in [0.1, 0.15) is 31.1 Å². The summed E-state index contributed by atoms with van der Waals surface area (Å²) in [7, 11) is -2.18. The molecule has 30 heavy (non-hydrogen) atoms. The molecule has 3 N–H and O–H groups in total. The molecule has 2 aliphatic rings. The first-order valence-electron chi connectivity index (χ1n) is 9.14. The Kier molecular flexibility index (Phi) is 4.42. The molecule has 2 aromatic carbocycles. The van der Waals surface area contributed by atoms with Gasteiger partial charge in [0.05, 0.1) is 24.7 Å². The van der Waals surface area contributed by atoms with Crippen LogP contribution in [0.25, 0.3) is 0 Å². The highest BCUT2D eigenvalue weighted by atomic mass is 32.2. The van der Waals surface area contributed by atoms with Crippen molar-refractivity contribution in [2.75, 3.05) is 29.3 Å². The largest absolute Gasteiger partial charge is 0.496 e. The Bertz CT molecular complexity index is 1190. The van der Waals surface area contributed by atoms with Gasteiger partial charge in [-0.3, -0.25) is 9.59 Å². The van der Waals surface area contributed by atoms with Crippen molar-refractivity contribution in [1.82, 2.24) is 0 Å². The molecule has 0 saturated heterocycles. The maximum atomic E-state index is 12.4. The number of nitrogens with one attached hydrogen (secondary N) is 3. The maximum Gasteiger partial charge on any atom is 0.306 e. The minimum absolute atomic E-state index is 0.146. The number of carbonyl (C=O) groups excluding carboxylic acids is 2. The predicted molar refractivity (Wildman–Crippen MR) is 112 cm³/mol. The van der Waals surface area contributed by atoms with Crippen LogP contribution in [-0.4, -0.2) is 33.5 Å². The number of benzene rings is 2. The van der Waals surface area contributed by atoms with Crippen LogP contribution in [0.5, 0.6) is 11.5 Å². The standard InChI is InChI=1S/C20H21N3O6S/c1-10(24)20(2)13-8-15-16(9-14(13)23-19(20)25)22-18(21-15)12-6-5-11(7-17(12)28-3)29-30(4,26)27/h5-9,18,21-22H,1-4H3,(H,23,25). The quantitative estimate of drug-likeness (QED) is 0.487. The molecular weight excluding hydrogens is 410 g/mol. The SMILES string of the molecule is COc1cc(OS(C)(=O)=O)ccc1C1Nc2cc3c(cc2N1)C(C)(C(C)=O)C(=O)N3. The molecule has 4 rings (SSSR count). The lowest BCUT2D eigenvalue weighted by molar-refractivity contribution is -0.130. The van der Waals surface area contributed by atoms with Crippen LogP contribution >= 0.6 is 0 Å². The van der Waals surface area contributed by atoms with Crippen molar-refractivity contribution in [2.45, 2.75) is 25.4 Å². The van der Waals surface area contributed by atoms with Gasteiger partial charge in [0.15, 0.2) is 0 Å². The second-order valence-electron chi connectivity index (χ2n) is 7.49. The number of ketones is 1. The summed E-state index contributed by atoms with van der Waals surface area (Å²) in [5.41, 5.74) is 2.21. The van der Waals surface area contributed by atoms with E-state index in [1.54, 1.807) is 25.1 Å². The number of hydrogen-bond acceptors (Lipinski definition) is 8. The highest BCUT2D eigenvalue weighted by molar-refractivity contribution is 7.86. The topological polar surface area (TPSA) is 123 Å². The molecule has 0 spiro atoms. The van der Waals surface area contributed by atoms with Gasteiger partial charge >= 0.3 is 10.1 Å². The molecule has 0 radical (unpaired) electrons. The summed E-state index contributed by atoms with van der Waals surface area (Å²) in [5, 5.41) is 9.40. The molecule has 0 bridgehead atoms. The second kappa shape index (κ2) is 6.63. The summed E-state index contributed by atoms with van der Waals surface area (Å²) in [6, 6.07) is 8.32. The molecule has 0 fully saturated rings. The summed E-state index contributed by atoms with van der Waals surface area (Å²) in [4.78, 5) is 24.6. The van der Waals surface area contributed by atoms with Crippen LogP contribution in [0.2, 0.25) is 0 Å². The molecule has 1 amide bonds. The van der Waals surface area contributed by atoms with Gasteiger partial charge in [-0.2, -0.15) is 8.42 Å². The van der Waals surface area contributed by atoms with Gasteiger partial charge in [-0.05, 0) is 38.1 Å². The van der Waals surface area contributed by atoms with Crippen LogP contribution in [0.3, 0.4) is 0 Å². The third-order valence-corrected chi connectivity index (χ3v) is 5.96. The van der Waals surface area contributed by atoms with E-state index in [1.165, 1.54) is 26.2 Å². The number of carbonyl (C=O) groups is 2. The second-order valence-corrected chi connectivity index (χ2v) is 9.07. The zero-order chi connectivity index (χ0) is 21.8. The number of hydrogen-bond donors (Lipinski definition) is 3. The van der Waals surface area contributed by atoms with E-state index in [9.17, 15) is 18.0 Å². The first kappa shape index (κ1) is 20.0. The molecule has 2 unspecified atom stereocenters. The van der Waals surface area contributed by atoms with Crippen molar-refractivity contribution in [3.8, 4) is 11.5 Å². The van der Waals surface area contributed by atoms with Crippen molar-refractivity contribution in [2.24, 2.45) is 0 Å². The molecule has 10 heteroatoms. The van der Waals surface area contributed by atoms with Crippen LogP contribution in [-0.2, 0) is 25.1 Å². The Morgan fingerprint density at radius 1 is 1.10 bits per heavy atom. The van der Waals surface area contributed by atoms with E-state index < -0.39 is 15.5 Å². The van der Waals surface area contributed by atoms with E-state index in [-0.39, 0.29) is 23.6 Å². The first-order chi connectivity index (χ1) is 14.0. The lowest BCUT2D eigenvalue weighted by atomic mass is 9.80. The first-order valence-corrected chi connectivity index (χ1v) is 11.0. The molecule has 2 atom stereocenters. The third-order valence-electron chi connectivity index (χ3n) is 5.47. The average molecular weight is 431 g/mol. The van der Waals surface area contributed by atoms with E-state index in [4.69, 9.17) is 8.92 Å². The third kappa shape index (κ3) is 3.13. The van der Waals surface area contributed by atoms with Crippen LogP contribution in [0.15, 0.2) is 30.3 Å². The fraction of sp³-hybridized carbons (Fsp3) is 0.300. The molecule has 0 saturated carbocycles. The summed E-state index contributed by atoms with van der Waals surface area (Å²) in [6.45, 7) is 3.02. The summed E-state index contributed by atoms with van der Waals surface area (Å²) in [6.07, 6.45) is 0.598. The lowest BCUT2D eigenvalue weighted by Crippen LogP contribution is -2.37. The highest BCUT2D eigenvalue weighted by Crippen LogP contribution is 2.47.